The Hall–Kier alpha value is -3.56. The SMILES string of the molecule is NC(=O)c1cncc(-c2ccc([C@@]34C[C@@H]3CN(C3CCOCC3)C4)cc2)c1.O=C(O)/C=C/C(=O)O. The Labute approximate surface area is 203 Å². The number of nitrogens with zero attached hydrogens (tertiary/aromatic N) is 2. The van der Waals surface area contributed by atoms with Gasteiger partial charge in [0.05, 0.1) is 5.56 Å². The van der Waals surface area contributed by atoms with Crippen molar-refractivity contribution in [2.45, 2.75) is 30.7 Å². The molecule has 0 radical (unpaired) electrons. The fourth-order valence-electron chi connectivity index (χ4n) is 5.17. The van der Waals surface area contributed by atoms with Gasteiger partial charge in [0.2, 0.25) is 5.91 Å². The van der Waals surface area contributed by atoms with Crippen LogP contribution in [0.3, 0.4) is 0 Å². The molecule has 9 nitrogen and oxygen atoms in total. The first kappa shape index (κ1) is 24.6. The van der Waals surface area contributed by atoms with Crippen molar-refractivity contribution in [3.8, 4) is 11.1 Å². The van der Waals surface area contributed by atoms with Crippen LogP contribution in [0.5, 0.6) is 0 Å². The van der Waals surface area contributed by atoms with Gasteiger partial charge in [-0.1, -0.05) is 24.3 Å². The zero-order valence-corrected chi connectivity index (χ0v) is 19.3. The molecule has 4 N–H and O–H groups in total. The predicted molar refractivity (Wildman–Crippen MR) is 128 cm³/mol. The number of carboxylic acid groups (broad SMARTS) is 2. The van der Waals surface area contributed by atoms with Crippen LogP contribution in [0.4, 0.5) is 0 Å². The Morgan fingerprint density at radius 1 is 1.03 bits per heavy atom. The Morgan fingerprint density at radius 3 is 2.29 bits per heavy atom. The third kappa shape index (κ3) is 5.75. The lowest BCUT2D eigenvalue weighted by Gasteiger charge is -2.33. The van der Waals surface area contributed by atoms with Gasteiger partial charge in [0.25, 0.3) is 0 Å². The largest absolute Gasteiger partial charge is 0.478 e. The molecule has 1 aromatic heterocycles. The van der Waals surface area contributed by atoms with Gasteiger partial charge in [-0.25, -0.2) is 9.59 Å². The third-order valence-corrected chi connectivity index (χ3v) is 7.06. The maximum atomic E-state index is 11.4. The zero-order chi connectivity index (χ0) is 25.0. The van der Waals surface area contributed by atoms with E-state index in [9.17, 15) is 14.4 Å². The molecule has 1 amide bonds. The number of primary amides is 1. The number of piperidine rings is 1. The van der Waals surface area contributed by atoms with Gasteiger partial charge in [-0.05, 0) is 42.4 Å². The van der Waals surface area contributed by atoms with Gasteiger partial charge in [-0.2, -0.15) is 0 Å². The van der Waals surface area contributed by atoms with Crippen LogP contribution < -0.4 is 5.73 Å². The normalized spacial score (nSPS) is 23.8. The number of carbonyl (C=O) groups is 3. The second-order valence-electron chi connectivity index (χ2n) is 9.24. The quantitative estimate of drug-likeness (QED) is 0.536. The summed E-state index contributed by atoms with van der Waals surface area (Å²) in [5.41, 5.74) is 9.62. The van der Waals surface area contributed by atoms with Crippen molar-refractivity contribution in [2.75, 3.05) is 26.3 Å². The maximum absolute atomic E-state index is 11.4. The second kappa shape index (κ2) is 10.4. The molecular formula is C26H29N3O6. The van der Waals surface area contributed by atoms with Crippen molar-refractivity contribution in [3.05, 3.63) is 66.0 Å². The molecule has 1 aromatic carbocycles. The van der Waals surface area contributed by atoms with E-state index >= 15 is 0 Å². The summed E-state index contributed by atoms with van der Waals surface area (Å²) in [6.45, 7) is 4.23. The molecule has 0 unspecified atom stereocenters. The Morgan fingerprint density at radius 2 is 1.69 bits per heavy atom. The van der Waals surface area contributed by atoms with Crippen molar-refractivity contribution in [1.82, 2.24) is 9.88 Å². The lowest BCUT2D eigenvalue weighted by Crippen LogP contribution is -2.40. The molecule has 2 aromatic rings. The Bertz CT molecular complexity index is 1110. The molecular weight excluding hydrogens is 450 g/mol. The maximum Gasteiger partial charge on any atom is 0.328 e. The number of benzene rings is 1. The van der Waals surface area contributed by atoms with E-state index < -0.39 is 17.8 Å². The number of aromatic nitrogens is 1. The summed E-state index contributed by atoms with van der Waals surface area (Å²) < 4.78 is 5.52. The number of amides is 1. The number of carbonyl (C=O) groups excluding carboxylic acids is 1. The van der Waals surface area contributed by atoms with E-state index in [-0.39, 0.29) is 0 Å². The highest BCUT2D eigenvalue weighted by Crippen LogP contribution is 2.59. The van der Waals surface area contributed by atoms with Crippen LogP contribution in [-0.2, 0) is 19.7 Å². The number of aliphatic carboxylic acids is 2. The number of rotatable bonds is 6. The zero-order valence-electron chi connectivity index (χ0n) is 19.3. The van der Waals surface area contributed by atoms with Crippen molar-refractivity contribution in [2.24, 2.45) is 11.7 Å². The number of ether oxygens (including phenoxy) is 1. The average molecular weight is 480 g/mol. The minimum Gasteiger partial charge on any atom is -0.478 e. The van der Waals surface area contributed by atoms with Crippen LogP contribution in [0, 0.1) is 5.92 Å². The molecule has 35 heavy (non-hydrogen) atoms. The highest BCUT2D eigenvalue weighted by atomic mass is 16.5. The van der Waals surface area contributed by atoms with Crippen LogP contribution in [0.15, 0.2) is 54.9 Å². The number of hydrogen-bond donors (Lipinski definition) is 3. The number of carboxylic acids is 2. The van der Waals surface area contributed by atoms with E-state index in [1.165, 1.54) is 44.1 Å². The number of nitrogens with two attached hydrogens (primary N) is 1. The summed E-state index contributed by atoms with van der Waals surface area (Å²) in [4.78, 5) is 37.3. The molecule has 1 saturated carbocycles. The lowest BCUT2D eigenvalue weighted by molar-refractivity contribution is -0.134. The van der Waals surface area contributed by atoms with E-state index in [4.69, 9.17) is 20.7 Å². The van der Waals surface area contributed by atoms with Gasteiger partial charge in [-0.3, -0.25) is 14.7 Å². The fraction of sp³-hybridized carbons (Fsp3) is 0.385. The molecule has 3 heterocycles. The molecule has 3 aliphatic rings. The monoisotopic (exact) mass is 479 g/mol. The molecule has 184 valence electrons. The van der Waals surface area contributed by atoms with E-state index in [1.807, 2.05) is 6.07 Å². The van der Waals surface area contributed by atoms with Gasteiger partial charge in [0, 0.05) is 67.9 Å². The van der Waals surface area contributed by atoms with Crippen molar-refractivity contribution in [1.29, 1.82) is 0 Å². The van der Waals surface area contributed by atoms with Gasteiger partial charge < -0.3 is 20.7 Å². The molecule has 9 heteroatoms. The average Bonchev–Trinajstić information content (AvgIpc) is 3.44. The second-order valence-corrected chi connectivity index (χ2v) is 9.24. The molecule has 3 fully saturated rings. The summed E-state index contributed by atoms with van der Waals surface area (Å²) >= 11 is 0. The molecule has 5 rings (SSSR count). The first-order valence-corrected chi connectivity index (χ1v) is 11.6. The lowest BCUT2D eigenvalue weighted by atomic mass is 9.92. The minimum absolute atomic E-state index is 0.351. The highest BCUT2D eigenvalue weighted by molar-refractivity contribution is 5.93. The summed E-state index contributed by atoms with van der Waals surface area (Å²) in [5, 5.41) is 15.6. The molecule has 0 spiro atoms. The van der Waals surface area contributed by atoms with Gasteiger partial charge in [0.1, 0.15) is 0 Å². The van der Waals surface area contributed by atoms with E-state index in [0.717, 1.165) is 30.3 Å². The van der Waals surface area contributed by atoms with Crippen molar-refractivity contribution in [3.63, 3.8) is 0 Å². The standard InChI is InChI=1S/C22H25N3O2.C4H4O4/c23-21(26)17-9-16(11-24-12-17)15-1-3-18(4-2-15)22-10-19(22)13-25(14-22)20-5-7-27-8-6-20;5-3(6)1-2-4(7)8/h1-4,9,11-12,19-20H,5-8,10,13-14H2,(H2,23,26);1-2H,(H,5,6)(H,7,8)/b;2-1+/t19-,22+;/m1./s1. The number of fused-ring (bicyclic) bond motifs is 1. The fourth-order valence-corrected chi connectivity index (χ4v) is 5.17. The van der Waals surface area contributed by atoms with E-state index in [0.29, 0.717) is 29.2 Å². The van der Waals surface area contributed by atoms with Crippen molar-refractivity contribution >= 4 is 17.8 Å². The van der Waals surface area contributed by atoms with E-state index in [2.05, 4.69) is 34.1 Å². The molecule has 2 saturated heterocycles. The van der Waals surface area contributed by atoms with Crippen LogP contribution in [0.25, 0.3) is 11.1 Å². The van der Waals surface area contributed by atoms with Crippen LogP contribution in [0.2, 0.25) is 0 Å². The minimum atomic E-state index is -1.26. The Kier molecular flexibility index (Phi) is 7.28. The topological polar surface area (TPSA) is 143 Å². The van der Waals surface area contributed by atoms with Crippen LogP contribution in [-0.4, -0.2) is 70.3 Å². The number of likely N-dealkylation sites (tertiary alicyclic amines) is 1. The summed E-state index contributed by atoms with van der Waals surface area (Å²) in [6.07, 6.45) is 8.06. The van der Waals surface area contributed by atoms with Gasteiger partial charge in [0.15, 0.2) is 0 Å². The first-order valence-electron chi connectivity index (χ1n) is 11.6. The summed E-state index contributed by atoms with van der Waals surface area (Å²) in [5.74, 6) is -2.16. The van der Waals surface area contributed by atoms with Gasteiger partial charge in [-0.15, -0.1) is 0 Å². The number of hydrogen-bond acceptors (Lipinski definition) is 6. The van der Waals surface area contributed by atoms with Crippen molar-refractivity contribution < 1.29 is 29.3 Å². The Balaban J connectivity index is 0.000000314. The van der Waals surface area contributed by atoms with Crippen LogP contribution in [0.1, 0.15) is 35.2 Å². The smallest absolute Gasteiger partial charge is 0.328 e. The third-order valence-electron chi connectivity index (χ3n) is 7.06. The predicted octanol–water partition coefficient (Wildman–Crippen LogP) is 2.31. The van der Waals surface area contributed by atoms with Gasteiger partial charge >= 0.3 is 11.9 Å². The first-order chi connectivity index (χ1) is 16.8. The molecule has 2 aliphatic heterocycles. The number of pyridine rings is 1. The highest BCUT2D eigenvalue weighted by Gasteiger charge is 2.61. The molecule has 2 atom stereocenters. The summed E-state index contributed by atoms with van der Waals surface area (Å²) in [6, 6.07) is 11.3. The van der Waals surface area contributed by atoms with E-state index in [1.54, 1.807) is 6.20 Å². The molecule has 1 aliphatic carbocycles. The summed E-state index contributed by atoms with van der Waals surface area (Å²) in [7, 11) is 0. The van der Waals surface area contributed by atoms with Crippen LogP contribution >= 0.6 is 0 Å². The molecule has 0 bridgehead atoms.